The first-order valence-corrected chi connectivity index (χ1v) is 3.95. The third kappa shape index (κ3) is 3.18. The molecule has 0 aliphatic rings. The summed E-state index contributed by atoms with van der Waals surface area (Å²) >= 11 is 5.05. The first-order chi connectivity index (χ1) is 6.22. The van der Waals surface area contributed by atoms with Crippen molar-refractivity contribution in [3.8, 4) is 17.6 Å². The van der Waals surface area contributed by atoms with Crippen molar-refractivity contribution in [1.82, 2.24) is 0 Å². The predicted molar refractivity (Wildman–Crippen MR) is 50.7 cm³/mol. The van der Waals surface area contributed by atoms with Crippen LogP contribution in [0.5, 0.6) is 5.75 Å². The summed E-state index contributed by atoms with van der Waals surface area (Å²) in [5.74, 6) is 5.60. The van der Waals surface area contributed by atoms with Crippen LogP contribution >= 0.6 is 11.6 Å². The Bertz CT molecular complexity index is 357. The molecule has 0 heterocycles. The largest absolute Gasteiger partial charge is 0.497 e. The minimum absolute atomic E-state index is 0.657. The molecule has 0 aromatic heterocycles. The van der Waals surface area contributed by atoms with Gasteiger partial charge in [0.15, 0.2) is 0 Å². The van der Waals surface area contributed by atoms with Crippen LogP contribution in [-0.2, 0) is 4.79 Å². The Balaban J connectivity index is 2.83. The summed E-state index contributed by atoms with van der Waals surface area (Å²) in [4.78, 5) is 10.3. The van der Waals surface area contributed by atoms with Gasteiger partial charge in [0.05, 0.1) is 7.11 Å². The monoisotopic (exact) mass is 194 g/mol. The number of benzene rings is 1. The number of hydrogen-bond acceptors (Lipinski definition) is 2. The number of carbonyl (C=O) groups excluding carboxylic acids is 1. The van der Waals surface area contributed by atoms with Gasteiger partial charge >= 0.3 is 0 Å². The highest BCUT2D eigenvalue weighted by atomic mass is 35.5. The lowest BCUT2D eigenvalue weighted by atomic mass is 10.2. The fourth-order valence-corrected chi connectivity index (χ4v) is 0.843. The lowest BCUT2D eigenvalue weighted by Crippen LogP contribution is -1.82. The molecule has 0 bridgehead atoms. The Hall–Kier alpha value is -1.46. The quantitative estimate of drug-likeness (QED) is 0.504. The number of halogens is 1. The number of ether oxygens (including phenoxy) is 1. The van der Waals surface area contributed by atoms with Gasteiger partial charge in [0.2, 0.25) is 0 Å². The predicted octanol–water partition coefficient (Wildman–Crippen LogP) is 1.81. The van der Waals surface area contributed by atoms with Crippen molar-refractivity contribution in [2.24, 2.45) is 0 Å². The summed E-state index contributed by atoms with van der Waals surface area (Å²) in [6.45, 7) is 0. The zero-order valence-corrected chi connectivity index (χ0v) is 7.76. The molecule has 2 nitrogen and oxygen atoms in total. The van der Waals surface area contributed by atoms with Gasteiger partial charge in [-0.25, -0.2) is 0 Å². The molecule has 1 rings (SSSR count). The third-order valence-electron chi connectivity index (χ3n) is 1.40. The molecule has 0 N–H and O–H groups in total. The Morgan fingerprint density at radius 3 is 2.46 bits per heavy atom. The van der Waals surface area contributed by atoms with Crippen molar-refractivity contribution >= 4 is 16.8 Å². The summed E-state index contributed by atoms with van der Waals surface area (Å²) in [5.41, 5.74) is 0.731. The van der Waals surface area contributed by atoms with E-state index in [0.717, 1.165) is 11.3 Å². The van der Waals surface area contributed by atoms with E-state index in [9.17, 15) is 4.79 Å². The molecule has 0 aliphatic heterocycles. The Morgan fingerprint density at radius 1 is 1.38 bits per heavy atom. The van der Waals surface area contributed by atoms with Gasteiger partial charge in [0.1, 0.15) is 5.75 Å². The first-order valence-electron chi connectivity index (χ1n) is 3.58. The molecule has 66 valence electrons. The molecule has 0 fully saturated rings. The molecular formula is C10H7ClO2. The van der Waals surface area contributed by atoms with Crippen molar-refractivity contribution in [1.29, 1.82) is 0 Å². The van der Waals surface area contributed by atoms with Gasteiger partial charge < -0.3 is 4.74 Å². The minimum Gasteiger partial charge on any atom is -0.497 e. The van der Waals surface area contributed by atoms with Crippen LogP contribution in [-0.4, -0.2) is 12.4 Å². The maximum Gasteiger partial charge on any atom is 0.296 e. The molecule has 0 saturated carbocycles. The Labute approximate surface area is 81.5 Å². The molecule has 3 heteroatoms. The molecule has 1 aromatic carbocycles. The standard InChI is InChI=1S/C10H7ClO2/c1-13-9-5-2-8(3-6-9)4-7-10(11)12/h2-3,5-6H,1H3. The Kier molecular flexibility index (Phi) is 3.36. The Morgan fingerprint density at radius 2 is 2.00 bits per heavy atom. The van der Waals surface area contributed by atoms with Crippen LogP contribution in [0.2, 0.25) is 0 Å². The van der Waals surface area contributed by atoms with E-state index < -0.39 is 5.24 Å². The number of carbonyl (C=O) groups is 1. The fourth-order valence-electron chi connectivity index (χ4n) is 0.796. The fraction of sp³-hybridized carbons (Fsp3) is 0.100. The summed E-state index contributed by atoms with van der Waals surface area (Å²) in [6, 6.07) is 7.04. The summed E-state index contributed by atoms with van der Waals surface area (Å²) in [7, 11) is 1.59. The van der Waals surface area contributed by atoms with Crippen molar-refractivity contribution in [2.75, 3.05) is 7.11 Å². The van der Waals surface area contributed by atoms with Crippen LogP contribution in [0.3, 0.4) is 0 Å². The van der Waals surface area contributed by atoms with Crippen molar-refractivity contribution < 1.29 is 9.53 Å². The highest BCUT2D eigenvalue weighted by Gasteiger charge is 1.90. The van der Waals surface area contributed by atoms with Crippen LogP contribution < -0.4 is 4.74 Å². The van der Waals surface area contributed by atoms with Crippen LogP contribution in [0.15, 0.2) is 24.3 Å². The van der Waals surface area contributed by atoms with Gasteiger partial charge in [-0.05, 0) is 41.8 Å². The zero-order chi connectivity index (χ0) is 9.68. The van der Waals surface area contributed by atoms with Gasteiger partial charge in [-0.1, -0.05) is 5.92 Å². The molecule has 13 heavy (non-hydrogen) atoms. The van der Waals surface area contributed by atoms with E-state index in [4.69, 9.17) is 16.3 Å². The summed E-state index contributed by atoms with van der Waals surface area (Å²) < 4.78 is 4.95. The number of methoxy groups -OCH3 is 1. The van der Waals surface area contributed by atoms with Gasteiger partial charge in [-0.3, -0.25) is 4.79 Å². The molecule has 1 aromatic rings. The highest BCUT2D eigenvalue weighted by molar-refractivity contribution is 6.68. The molecule has 0 saturated heterocycles. The van der Waals surface area contributed by atoms with Crippen LogP contribution in [0.4, 0.5) is 0 Å². The summed E-state index contributed by atoms with van der Waals surface area (Å²) in [5, 5.41) is -0.657. The SMILES string of the molecule is COc1ccc(C#CC(=O)Cl)cc1. The van der Waals surface area contributed by atoms with Crippen LogP contribution in [0, 0.1) is 11.8 Å². The topological polar surface area (TPSA) is 26.3 Å². The molecule has 0 spiro atoms. The van der Waals surface area contributed by atoms with Gasteiger partial charge in [0.25, 0.3) is 5.24 Å². The van der Waals surface area contributed by atoms with Gasteiger partial charge in [0, 0.05) is 5.56 Å². The van der Waals surface area contributed by atoms with E-state index in [1.165, 1.54) is 0 Å². The lowest BCUT2D eigenvalue weighted by Gasteiger charge is -1.96. The van der Waals surface area contributed by atoms with Crippen molar-refractivity contribution in [3.05, 3.63) is 29.8 Å². The van der Waals surface area contributed by atoms with E-state index in [1.54, 1.807) is 31.4 Å². The second-order valence-electron chi connectivity index (χ2n) is 2.25. The lowest BCUT2D eigenvalue weighted by molar-refractivity contribution is -0.107. The molecule has 0 aliphatic carbocycles. The maximum atomic E-state index is 10.3. The van der Waals surface area contributed by atoms with E-state index in [2.05, 4.69) is 11.8 Å². The normalized spacial score (nSPS) is 8.46. The molecule has 0 unspecified atom stereocenters. The van der Waals surface area contributed by atoms with Crippen LogP contribution in [0.25, 0.3) is 0 Å². The molecule has 0 amide bonds. The molecule has 0 atom stereocenters. The average Bonchev–Trinajstić information content (AvgIpc) is 2.15. The van der Waals surface area contributed by atoms with Crippen molar-refractivity contribution in [3.63, 3.8) is 0 Å². The van der Waals surface area contributed by atoms with E-state index >= 15 is 0 Å². The van der Waals surface area contributed by atoms with Gasteiger partial charge in [-0.2, -0.15) is 0 Å². The number of hydrogen-bond donors (Lipinski definition) is 0. The van der Waals surface area contributed by atoms with Crippen molar-refractivity contribution in [2.45, 2.75) is 0 Å². The molecule has 0 radical (unpaired) electrons. The smallest absolute Gasteiger partial charge is 0.296 e. The van der Waals surface area contributed by atoms with E-state index in [1.807, 2.05) is 0 Å². The minimum atomic E-state index is -0.657. The first kappa shape index (κ1) is 9.63. The third-order valence-corrected chi connectivity index (χ3v) is 1.49. The zero-order valence-electron chi connectivity index (χ0n) is 7.00. The van der Waals surface area contributed by atoms with E-state index in [0.29, 0.717) is 0 Å². The average molecular weight is 195 g/mol. The van der Waals surface area contributed by atoms with E-state index in [-0.39, 0.29) is 0 Å². The maximum absolute atomic E-state index is 10.3. The second kappa shape index (κ2) is 4.54. The summed E-state index contributed by atoms with van der Waals surface area (Å²) in [6.07, 6.45) is 0. The van der Waals surface area contributed by atoms with Gasteiger partial charge in [-0.15, -0.1) is 0 Å². The second-order valence-corrected chi connectivity index (χ2v) is 2.60. The molecular weight excluding hydrogens is 188 g/mol. The highest BCUT2D eigenvalue weighted by Crippen LogP contribution is 2.09. The number of rotatable bonds is 1. The van der Waals surface area contributed by atoms with Crippen LogP contribution in [0.1, 0.15) is 5.56 Å².